The number of aliphatic imine (C=N–C) groups is 1. The molecule has 0 aliphatic heterocycles. The van der Waals surface area contributed by atoms with Crippen LogP contribution in [0.2, 0.25) is 0 Å². The van der Waals surface area contributed by atoms with Gasteiger partial charge in [0.25, 0.3) is 5.70 Å². The lowest BCUT2D eigenvalue weighted by Gasteiger charge is -1.88. The third-order valence-corrected chi connectivity index (χ3v) is 1.65. The van der Waals surface area contributed by atoms with Gasteiger partial charge in [-0.3, -0.25) is 10.1 Å². The summed E-state index contributed by atoms with van der Waals surface area (Å²) in [6.07, 6.45) is 1.03. The molecule has 11 heavy (non-hydrogen) atoms. The summed E-state index contributed by atoms with van der Waals surface area (Å²) in [5.74, 6) is 0. The van der Waals surface area contributed by atoms with Crippen molar-refractivity contribution in [3.63, 3.8) is 0 Å². The third-order valence-electron chi connectivity index (χ3n) is 0.697. The third kappa shape index (κ3) is 4.63. The lowest BCUT2D eigenvalue weighted by molar-refractivity contribution is -0.413. The Bertz CT molecular complexity index is 225. The van der Waals surface area contributed by atoms with Crippen molar-refractivity contribution >= 4 is 28.7 Å². The molecule has 0 aliphatic rings. The van der Waals surface area contributed by atoms with Crippen molar-refractivity contribution in [1.29, 1.82) is 0 Å². The van der Waals surface area contributed by atoms with Crippen LogP contribution in [0.3, 0.4) is 0 Å². The van der Waals surface area contributed by atoms with E-state index in [1.165, 1.54) is 0 Å². The fraction of sp³-hybridized carbons (Fsp3) is 0. The molecule has 0 spiro atoms. The zero-order valence-corrected chi connectivity index (χ0v) is 7.27. The summed E-state index contributed by atoms with van der Waals surface area (Å²) in [7, 11) is 1.02. The van der Waals surface area contributed by atoms with Crippen LogP contribution in [0.1, 0.15) is 0 Å². The van der Waals surface area contributed by atoms with Gasteiger partial charge in [-0.25, -0.2) is 4.99 Å². The molecule has 60 valence electrons. The Morgan fingerprint density at radius 2 is 2.27 bits per heavy atom. The smallest absolute Gasteiger partial charge is 0.258 e. The molecule has 0 fully saturated rings. The van der Waals surface area contributed by atoms with Crippen LogP contribution in [0.5, 0.6) is 0 Å². The monoisotopic (exact) mass is 190 g/mol. The summed E-state index contributed by atoms with van der Waals surface area (Å²) < 4.78 is 0. The second kappa shape index (κ2) is 4.97. The first kappa shape index (κ1) is 10.2. The lowest BCUT2D eigenvalue weighted by atomic mass is 10.6. The van der Waals surface area contributed by atoms with Gasteiger partial charge in [-0.15, -0.1) is 11.7 Å². The Hall–Kier alpha value is -0.750. The number of hydrogen-bond donors (Lipinski definition) is 1. The van der Waals surface area contributed by atoms with E-state index in [1.807, 2.05) is 0 Å². The van der Waals surface area contributed by atoms with Crippen LogP contribution < -0.4 is 0 Å². The summed E-state index contributed by atoms with van der Waals surface area (Å²) in [5, 5.41) is 10.3. The van der Waals surface area contributed by atoms with E-state index in [9.17, 15) is 10.1 Å². The van der Waals surface area contributed by atoms with E-state index in [2.05, 4.69) is 29.8 Å². The molecule has 0 radical (unpaired) electrons. The van der Waals surface area contributed by atoms with Gasteiger partial charge in [-0.05, 0) is 17.4 Å². The van der Waals surface area contributed by atoms with E-state index in [4.69, 9.17) is 0 Å². The van der Waals surface area contributed by atoms with Crippen LogP contribution in [0.4, 0.5) is 0 Å². The van der Waals surface area contributed by atoms with Gasteiger partial charge in [-0.1, -0.05) is 6.58 Å². The SMILES string of the molecule is C=C(/N=C\C(=C)[N+](=O)[O-])SS. The summed E-state index contributed by atoms with van der Waals surface area (Å²) in [6.45, 7) is 6.57. The summed E-state index contributed by atoms with van der Waals surface area (Å²) in [6, 6.07) is 0. The average molecular weight is 190 g/mol. The highest BCUT2D eigenvalue weighted by Gasteiger charge is 2.00. The first-order chi connectivity index (χ1) is 5.07. The number of hydrogen-bond acceptors (Lipinski definition) is 5. The van der Waals surface area contributed by atoms with Crippen molar-refractivity contribution in [1.82, 2.24) is 0 Å². The van der Waals surface area contributed by atoms with E-state index < -0.39 is 4.92 Å². The highest BCUT2D eigenvalue weighted by atomic mass is 33.1. The Labute approximate surface area is 73.0 Å². The highest BCUT2D eigenvalue weighted by molar-refractivity contribution is 8.70. The quantitative estimate of drug-likeness (QED) is 0.242. The van der Waals surface area contributed by atoms with E-state index in [1.54, 1.807) is 0 Å². The van der Waals surface area contributed by atoms with Crippen LogP contribution in [0.15, 0.2) is 28.9 Å². The van der Waals surface area contributed by atoms with Gasteiger partial charge in [-0.2, -0.15) is 0 Å². The molecule has 0 atom stereocenters. The first-order valence-electron chi connectivity index (χ1n) is 2.45. The Balaban J connectivity index is 4.04. The molecular weight excluding hydrogens is 184 g/mol. The second-order valence-electron chi connectivity index (χ2n) is 1.49. The fourth-order valence-electron chi connectivity index (χ4n) is 0.217. The molecule has 0 heterocycles. The Morgan fingerprint density at radius 3 is 2.64 bits per heavy atom. The van der Waals surface area contributed by atoms with Crippen LogP contribution in [-0.2, 0) is 0 Å². The van der Waals surface area contributed by atoms with Crippen molar-refractivity contribution in [3.05, 3.63) is 34.0 Å². The van der Waals surface area contributed by atoms with Crippen LogP contribution in [0.25, 0.3) is 0 Å². The maximum absolute atomic E-state index is 9.96. The number of rotatable bonds is 4. The molecule has 0 saturated carbocycles. The summed E-state index contributed by atoms with van der Waals surface area (Å²) in [4.78, 5) is 12.9. The first-order valence-corrected chi connectivity index (χ1v) is 4.32. The van der Waals surface area contributed by atoms with E-state index in [0.717, 1.165) is 17.0 Å². The van der Waals surface area contributed by atoms with E-state index in [-0.39, 0.29) is 5.70 Å². The minimum atomic E-state index is -0.625. The van der Waals surface area contributed by atoms with Gasteiger partial charge in [0.2, 0.25) is 0 Å². The largest absolute Gasteiger partial charge is 0.280 e. The van der Waals surface area contributed by atoms with Crippen molar-refractivity contribution in [2.24, 2.45) is 4.99 Å². The van der Waals surface area contributed by atoms with Crippen LogP contribution >= 0.6 is 22.5 Å². The van der Waals surface area contributed by atoms with Crippen molar-refractivity contribution in [2.45, 2.75) is 0 Å². The number of allylic oxidation sites excluding steroid dienone is 1. The van der Waals surface area contributed by atoms with Gasteiger partial charge in [0.15, 0.2) is 0 Å². The molecule has 0 aromatic rings. The minimum absolute atomic E-state index is 0.270. The van der Waals surface area contributed by atoms with Crippen molar-refractivity contribution in [3.8, 4) is 0 Å². The standard InChI is InChI=1S/C5H6N2O2S2/c1-4(7(8)9)3-6-5(2)11-10/h3,10H,1-2H2/b6-3-. The van der Waals surface area contributed by atoms with Crippen molar-refractivity contribution in [2.75, 3.05) is 0 Å². The van der Waals surface area contributed by atoms with Crippen LogP contribution in [-0.4, -0.2) is 11.1 Å². The molecule has 6 heteroatoms. The average Bonchev–Trinajstić information content (AvgIpc) is 1.99. The highest BCUT2D eigenvalue weighted by Crippen LogP contribution is 2.17. The molecule has 0 bridgehead atoms. The maximum atomic E-state index is 9.96. The zero-order valence-electron chi connectivity index (χ0n) is 5.56. The molecule has 0 aliphatic carbocycles. The second-order valence-corrected chi connectivity index (χ2v) is 2.69. The van der Waals surface area contributed by atoms with Gasteiger partial charge in [0.1, 0.15) is 6.21 Å². The van der Waals surface area contributed by atoms with Crippen molar-refractivity contribution < 1.29 is 4.92 Å². The predicted molar refractivity (Wildman–Crippen MR) is 50.3 cm³/mol. The fourth-order valence-corrected chi connectivity index (χ4v) is 0.458. The molecular formula is C5H6N2O2S2. The number of thiol groups is 1. The normalized spacial score (nSPS) is 9.91. The molecule has 0 aromatic heterocycles. The molecule has 4 nitrogen and oxygen atoms in total. The topological polar surface area (TPSA) is 55.5 Å². The summed E-state index contributed by atoms with van der Waals surface area (Å²) >= 11 is 3.77. The van der Waals surface area contributed by atoms with Gasteiger partial charge in [0.05, 0.1) is 9.95 Å². The molecule has 0 amide bonds. The van der Waals surface area contributed by atoms with Gasteiger partial charge < -0.3 is 0 Å². The van der Waals surface area contributed by atoms with Gasteiger partial charge in [0, 0.05) is 0 Å². The molecule has 0 unspecified atom stereocenters. The molecule has 0 saturated heterocycles. The Morgan fingerprint density at radius 1 is 1.73 bits per heavy atom. The minimum Gasteiger partial charge on any atom is -0.258 e. The summed E-state index contributed by atoms with van der Waals surface area (Å²) in [5.41, 5.74) is -0.270. The zero-order chi connectivity index (χ0) is 8.85. The number of nitro groups is 1. The molecule has 0 rings (SSSR count). The molecule has 0 N–H and O–H groups in total. The number of nitrogens with zero attached hydrogens (tertiary/aromatic N) is 2. The Kier molecular flexibility index (Phi) is 4.64. The van der Waals surface area contributed by atoms with Crippen LogP contribution in [0, 0.1) is 10.1 Å². The van der Waals surface area contributed by atoms with Gasteiger partial charge >= 0.3 is 0 Å². The van der Waals surface area contributed by atoms with E-state index >= 15 is 0 Å². The predicted octanol–water partition coefficient (Wildman–Crippen LogP) is 1.90. The molecule has 0 aromatic carbocycles. The lowest BCUT2D eigenvalue weighted by Crippen LogP contribution is -1.96. The maximum Gasteiger partial charge on any atom is 0.280 e. The van der Waals surface area contributed by atoms with E-state index in [0.29, 0.717) is 5.03 Å².